The fourth-order valence-electron chi connectivity index (χ4n) is 4.64. The van der Waals surface area contributed by atoms with Gasteiger partial charge in [-0.1, -0.05) is 67.4 Å². The lowest BCUT2D eigenvalue weighted by molar-refractivity contribution is 0.0349. The highest BCUT2D eigenvalue weighted by atomic mass is 19.1. The topological polar surface area (TPSA) is 3.24 Å². The van der Waals surface area contributed by atoms with Crippen molar-refractivity contribution in [2.45, 2.75) is 44.2 Å². The second-order valence-electron chi connectivity index (χ2n) is 7.90. The molecular formula is C23H28FN. The predicted octanol–water partition coefficient (Wildman–Crippen LogP) is 5.80. The number of benzene rings is 2. The standard InChI is InChI=1S/C23H28FN/c24-23(15-6-16-25(18-23)17-19-7-4-5-8-19)22-13-11-21(12-14-22)20-9-2-1-3-10-20/h1-3,9-14,19H,4-8,15-18H2/t23-/m0/s1. The zero-order chi connectivity index (χ0) is 17.1. The molecule has 0 unspecified atom stereocenters. The summed E-state index contributed by atoms with van der Waals surface area (Å²) >= 11 is 0. The average molecular weight is 337 g/mol. The lowest BCUT2D eigenvalue weighted by Gasteiger charge is -2.39. The minimum absolute atomic E-state index is 0.564. The molecule has 2 aliphatic rings. The van der Waals surface area contributed by atoms with Crippen LogP contribution >= 0.6 is 0 Å². The molecule has 1 nitrogen and oxygen atoms in total. The molecule has 2 fully saturated rings. The van der Waals surface area contributed by atoms with Gasteiger partial charge in [0.25, 0.3) is 0 Å². The maximum Gasteiger partial charge on any atom is 0.148 e. The molecule has 1 heterocycles. The number of rotatable bonds is 4. The fourth-order valence-corrected chi connectivity index (χ4v) is 4.64. The Balaban J connectivity index is 1.47. The van der Waals surface area contributed by atoms with E-state index in [0.717, 1.165) is 36.6 Å². The molecule has 0 amide bonds. The van der Waals surface area contributed by atoms with E-state index >= 15 is 4.39 Å². The molecule has 4 rings (SSSR count). The van der Waals surface area contributed by atoms with Crippen LogP contribution < -0.4 is 0 Å². The van der Waals surface area contributed by atoms with Crippen LogP contribution in [-0.2, 0) is 5.67 Å². The molecule has 132 valence electrons. The Bertz CT molecular complexity index is 675. The van der Waals surface area contributed by atoms with E-state index in [-0.39, 0.29) is 0 Å². The van der Waals surface area contributed by atoms with Gasteiger partial charge in [-0.15, -0.1) is 0 Å². The molecular weight excluding hydrogens is 309 g/mol. The van der Waals surface area contributed by atoms with Crippen LogP contribution in [0.1, 0.15) is 44.1 Å². The van der Waals surface area contributed by atoms with Crippen LogP contribution in [0.5, 0.6) is 0 Å². The zero-order valence-corrected chi connectivity index (χ0v) is 15.0. The molecule has 1 saturated carbocycles. The summed E-state index contributed by atoms with van der Waals surface area (Å²) in [6.45, 7) is 2.71. The second kappa shape index (κ2) is 7.29. The lowest BCUT2D eigenvalue weighted by atomic mass is 9.86. The third-order valence-electron chi connectivity index (χ3n) is 6.02. The monoisotopic (exact) mass is 337 g/mol. The quantitative estimate of drug-likeness (QED) is 0.681. The summed E-state index contributed by atoms with van der Waals surface area (Å²) in [5, 5.41) is 0. The van der Waals surface area contributed by atoms with Crippen LogP contribution in [-0.4, -0.2) is 24.5 Å². The van der Waals surface area contributed by atoms with Crippen molar-refractivity contribution in [2.75, 3.05) is 19.6 Å². The highest BCUT2D eigenvalue weighted by Crippen LogP contribution is 2.37. The van der Waals surface area contributed by atoms with Crippen molar-refractivity contribution in [2.24, 2.45) is 5.92 Å². The van der Waals surface area contributed by atoms with Crippen molar-refractivity contribution in [3.8, 4) is 11.1 Å². The zero-order valence-electron chi connectivity index (χ0n) is 15.0. The number of piperidine rings is 1. The molecule has 0 aromatic heterocycles. The van der Waals surface area contributed by atoms with Crippen LogP contribution in [0.15, 0.2) is 54.6 Å². The third kappa shape index (κ3) is 3.79. The van der Waals surface area contributed by atoms with Gasteiger partial charge < -0.3 is 0 Å². The van der Waals surface area contributed by atoms with Gasteiger partial charge in [-0.2, -0.15) is 0 Å². The van der Waals surface area contributed by atoms with Crippen LogP contribution in [0, 0.1) is 5.92 Å². The predicted molar refractivity (Wildman–Crippen MR) is 102 cm³/mol. The van der Waals surface area contributed by atoms with Crippen LogP contribution in [0.3, 0.4) is 0 Å². The van der Waals surface area contributed by atoms with E-state index in [1.165, 1.54) is 31.2 Å². The van der Waals surface area contributed by atoms with Gasteiger partial charge in [-0.3, -0.25) is 4.90 Å². The minimum atomic E-state index is -1.19. The molecule has 0 radical (unpaired) electrons. The molecule has 1 aliphatic heterocycles. The van der Waals surface area contributed by atoms with Gasteiger partial charge >= 0.3 is 0 Å². The Hall–Kier alpha value is -1.67. The Morgan fingerprint density at radius 1 is 0.880 bits per heavy atom. The van der Waals surface area contributed by atoms with Crippen molar-refractivity contribution in [1.82, 2.24) is 4.90 Å². The summed E-state index contributed by atoms with van der Waals surface area (Å²) in [6, 6.07) is 18.5. The molecule has 0 bridgehead atoms. The molecule has 25 heavy (non-hydrogen) atoms. The molecule has 2 heteroatoms. The van der Waals surface area contributed by atoms with Gasteiger partial charge in [-0.05, 0) is 54.8 Å². The summed E-state index contributed by atoms with van der Waals surface area (Å²) < 4.78 is 15.7. The first-order valence-corrected chi connectivity index (χ1v) is 9.80. The summed E-state index contributed by atoms with van der Waals surface area (Å²) in [4.78, 5) is 2.38. The van der Waals surface area contributed by atoms with Gasteiger partial charge in [0.15, 0.2) is 0 Å². The molecule has 0 spiro atoms. The highest BCUT2D eigenvalue weighted by molar-refractivity contribution is 5.63. The van der Waals surface area contributed by atoms with E-state index in [1.54, 1.807) is 0 Å². The number of hydrogen-bond donors (Lipinski definition) is 0. The van der Waals surface area contributed by atoms with Gasteiger partial charge in [-0.25, -0.2) is 4.39 Å². The first-order chi connectivity index (χ1) is 12.2. The van der Waals surface area contributed by atoms with E-state index < -0.39 is 5.67 Å². The smallest absolute Gasteiger partial charge is 0.148 e. The lowest BCUT2D eigenvalue weighted by Crippen LogP contribution is -2.45. The Morgan fingerprint density at radius 3 is 2.28 bits per heavy atom. The summed E-state index contributed by atoms with van der Waals surface area (Å²) in [5.41, 5.74) is 2.01. The highest BCUT2D eigenvalue weighted by Gasteiger charge is 2.37. The first-order valence-electron chi connectivity index (χ1n) is 9.80. The average Bonchev–Trinajstić information content (AvgIpc) is 3.16. The largest absolute Gasteiger partial charge is 0.300 e. The van der Waals surface area contributed by atoms with Crippen molar-refractivity contribution in [1.29, 1.82) is 0 Å². The molecule has 0 N–H and O–H groups in total. The Kier molecular flexibility index (Phi) is 4.89. The summed E-state index contributed by atoms with van der Waals surface area (Å²) in [7, 11) is 0. The van der Waals surface area contributed by atoms with Crippen LogP contribution in [0.4, 0.5) is 4.39 Å². The van der Waals surface area contributed by atoms with Crippen molar-refractivity contribution < 1.29 is 4.39 Å². The van der Waals surface area contributed by atoms with Gasteiger partial charge in [0.1, 0.15) is 5.67 Å². The number of halogens is 1. The van der Waals surface area contributed by atoms with Crippen molar-refractivity contribution in [3.63, 3.8) is 0 Å². The van der Waals surface area contributed by atoms with Gasteiger partial charge in [0.2, 0.25) is 0 Å². The number of likely N-dealkylation sites (tertiary alicyclic amines) is 1. The maximum atomic E-state index is 15.7. The van der Waals surface area contributed by atoms with E-state index in [2.05, 4.69) is 29.2 Å². The fraction of sp³-hybridized carbons (Fsp3) is 0.478. The molecule has 1 saturated heterocycles. The van der Waals surface area contributed by atoms with E-state index in [4.69, 9.17) is 0 Å². The maximum absolute atomic E-state index is 15.7. The normalized spacial score (nSPS) is 25.3. The van der Waals surface area contributed by atoms with Gasteiger partial charge in [0, 0.05) is 13.1 Å². The van der Waals surface area contributed by atoms with E-state index in [0.29, 0.717) is 13.0 Å². The Morgan fingerprint density at radius 2 is 1.56 bits per heavy atom. The SMILES string of the molecule is F[C@@]1(c2ccc(-c3ccccc3)cc2)CCCN(CC2CCCC2)C1. The van der Waals surface area contributed by atoms with Crippen molar-refractivity contribution in [3.05, 3.63) is 60.2 Å². The third-order valence-corrected chi connectivity index (χ3v) is 6.02. The van der Waals surface area contributed by atoms with Crippen LogP contribution in [0.25, 0.3) is 11.1 Å². The van der Waals surface area contributed by atoms with E-state index in [1.807, 2.05) is 30.3 Å². The van der Waals surface area contributed by atoms with Gasteiger partial charge in [0.05, 0.1) is 0 Å². The van der Waals surface area contributed by atoms with E-state index in [9.17, 15) is 0 Å². The number of alkyl halides is 1. The number of hydrogen-bond acceptors (Lipinski definition) is 1. The molecule has 1 aliphatic carbocycles. The van der Waals surface area contributed by atoms with Crippen molar-refractivity contribution >= 4 is 0 Å². The minimum Gasteiger partial charge on any atom is -0.300 e. The Labute approximate surface area is 150 Å². The first kappa shape index (κ1) is 16.8. The summed E-state index contributed by atoms with van der Waals surface area (Å²) in [6.07, 6.45) is 7.01. The second-order valence-corrected chi connectivity index (χ2v) is 7.90. The molecule has 2 aromatic rings. The summed E-state index contributed by atoms with van der Waals surface area (Å²) in [5.74, 6) is 0.794. The molecule has 2 aromatic carbocycles. The number of nitrogens with zero attached hydrogens (tertiary/aromatic N) is 1. The molecule has 1 atom stereocenters. The van der Waals surface area contributed by atoms with Crippen LogP contribution in [0.2, 0.25) is 0 Å².